The van der Waals surface area contributed by atoms with Gasteiger partial charge in [-0.3, -0.25) is 4.99 Å². The van der Waals surface area contributed by atoms with E-state index in [0.29, 0.717) is 40.7 Å². The van der Waals surface area contributed by atoms with Crippen LogP contribution in [-0.4, -0.2) is 28.4 Å². The number of hydrogen-bond donors (Lipinski definition) is 1. The molecule has 0 bridgehead atoms. The van der Waals surface area contributed by atoms with Crippen LogP contribution in [0.25, 0.3) is 11.1 Å². The van der Waals surface area contributed by atoms with Crippen molar-refractivity contribution in [3.63, 3.8) is 0 Å². The Labute approximate surface area is 239 Å². The van der Waals surface area contributed by atoms with Crippen LogP contribution < -0.4 is 0 Å². The molecule has 1 atom stereocenters. The van der Waals surface area contributed by atoms with Gasteiger partial charge >= 0.3 is 12.1 Å². The number of halogens is 5. The normalized spacial score (nSPS) is 15.3. The monoisotopic (exact) mass is 582 g/mol. The first-order valence-electron chi connectivity index (χ1n) is 12.4. The summed E-state index contributed by atoms with van der Waals surface area (Å²) in [7, 11) is 0. The third kappa shape index (κ3) is 6.32. The van der Waals surface area contributed by atoms with Crippen LogP contribution in [0.2, 0.25) is 10.0 Å². The summed E-state index contributed by atoms with van der Waals surface area (Å²) in [5.41, 5.74) is 3.43. The minimum atomic E-state index is -4.41. The number of carboxylic acids is 1. The molecule has 0 saturated carbocycles. The van der Waals surface area contributed by atoms with Gasteiger partial charge in [0.1, 0.15) is 5.84 Å². The zero-order valence-electron chi connectivity index (χ0n) is 21.0. The molecule has 4 aromatic rings. The second kappa shape index (κ2) is 11.4. The van der Waals surface area contributed by atoms with Gasteiger partial charge in [0.25, 0.3) is 0 Å². The quantitative estimate of drug-likeness (QED) is 0.237. The van der Waals surface area contributed by atoms with Crippen molar-refractivity contribution in [1.29, 1.82) is 0 Å². The Hall–Kier alpha value is -3.81. The van der Waals surface area contributed by atoms with Gasteiger partial charge in [-0.05, 0) is 64.2 Å². The highest BCUT2D eigenvalue weighted by atomic mass is 35.5. The second-order valence-corrected chi connectivity index (χ2v) is 10.4. The Bertz CT molecular complexity index is 1570. The van der Waals surface area contributed by atoms with Gasteiger partial charge in [-0.1, -0.05) is 77.8 Å². The van der Waals surface area contributed by atoms with Crippen LogP contribution in [0.1, 0.15) is 38.7 Å². The fourth-order valence-electron chi connectivity index (χ4n) is 4.72. The predicted octanol–water partition coefficient (Wildman–Crippen LogP) is 8.58. The molecule has 1 aliphatic heterocycles. The lowest BCUT2D eigenvalue weighted by Crippen LogP contribution is -2.29. The number of aliphatic imine (C=N–C) groups is 1. The standard InChI is InChI=1S/C31H23Cl2F3N2O2/c32-25-12-13-26(27(33)16-25)28-18-38(17-20-6-10-22(11-7-20)30(39)40)29(37-28)14-19-4-8-21(9-5-19)23-2-1-3-24(15-23)31(34,35)36/h1-13,15-16,28H,14,17-18H2,(H,39,40). The van der Waals surface area contributed by atoms with E-state index < -0.39 is 17.7 Å². The van der Waals surface area contributed by atoms with Crippen LogP contribution in [-0.2, 0) is 19.1 Å². The highest BCUT2D eigenvalue weighted by Crippen LogP contribution is 2.34. The molecule has 0 radical (unpaired) electrons. The Morgan fingerprint density at radius 1 is 0.900 bits per heavy atom. The first-order chi connectivity index (χ1) is 19.1. The van der Waals surface area contributed by atoms with Crippen LogP contribution in [0.4, 0.5) is 13.2 Å². The number of benzene rings is 4. The Morgan fingerprint density at radius 2 is 1.60 bits per heavy atom. The van der Waals surface area contributed by atoms with Crippen molar-refractivity contribution in [2.75, 3.05) is 6.54 Å². The predicted molar refractivity (Wildman–Crippen MR) is 151 cm³/mol. The lowest BCUT2D eigenvalue weighted by atomic mass is 10.0. The minimum Gasteiger partial charge on any atom is -0.478 e. The van der Waals surface area contributed by atoms with Crippen LogP contribution >= 0.6 is 23.2 Å². The summed E-state index contributed by atoms with van der Waals surface area (Å²) in [5.74, 6) is -0.161. The molecule has 5 rings (SSSR count). The zero-order chi connectivity index (χ0) is 28.4. The number of amidine groups is 1. The van der Waals surface area contributed by atoms with Crippen LogP contribution in [0.15, 0.2) is 96.0 Å². The topological polar surface area (TPSA) is 52.9 Å². The van der Waals surface area contributed by atoms with Crippen molar-refractivity contribution >= 4 is 35.0 Å². The van der Waals surface area contributed by atoms with E-state index in [4.69, 9.17) is 28.2 Å². The van der Waals surface area contributed by atoms with E-state index in [9.17, 15) is 23.1 Å². The van der Waals surface area contributed by atoms with Crippen LogP contribution in [0.3, 0.4) is 0 Å². The maximum atomic E-state index is 13.2. The fourth-order valence-corrected chi connectivity index (χ4v) is 5.25. The van der Waals surface area contributed by atoms with Gasteiger partial charge in [-0.15, -0.1) is 0 Å². The van der Waals surface area contributed by atoms with E-state index in [-0.39, 0.29) is 11.6 Å². The van der Waals surface area contributed by atoms with Crippen molar-refractivity contribution in [1.82, 2.24) is 4.90 Å². The molecule has 0 aromatic heterocycles. The number of carbonyl (C=O) groups is 1. The lowest BCUT2D eigenvalue weighted by molar-refractivity contribution is -0.137. The number of rotatable bonds is 7. The highest BCUT2D eigenvalue weighted by molar-refractivity contribution is 6.35. The Kier molecular flexibility index (Phi) is 7.88. The molecule has 0 fully saturated rings. The van der Waals surface area contributed by atoms with Gasteiger partial charge in [0, 0.05) is 29.6 Å². The molecule has 40 heavy (non-hydrogen) atoms. The average Bonchev–Trinajstić information content (AvgIpc) is 3.30. The Balaban J connectivity index is 1.40. The summed E-state index contributed by atoms with van der Waals surface area (Å²) >= 11 is 12.6. The molecular weight excluding hydrogens is 560 g/mol. The van der Waals surface area contributed by atoms with E-state index in [2.05, 4.69) is 4.90 Å². The van der Waals surface area contributed by atoms with Crippen molar-refractivity contribution in [3.05, 3.63) is 129 Å². The van der Waals surface area contributed by atoms with Crippen LogP contribution in [0, 0.1) is 0 Å². The molecule has 1 heterocycles. The lowest BCUT2D eigenvalue weighted by Gasteiger charge is -2.22. The van der Waals surface area contributed by atoms with Crippen molar-refractivity contribution in [2.24, 2.45) is 4.99 Å². The fraction of sp³-hybridized carbons (Fsp3) is 0.161. The van der Waals surface area contributed by atoms with E-state index >= 15 is 0 Å². The average molecular weight is 583 g/mol. The molecule has 1 aliphatic rings. The van der Waals surface area contributed by atoms with Crippen molar-refractivity contribution in [3.8, 4) is 11.1 Å². The van der Waals surface area contributed by atoms with E-state index in [1.54, 1.807) is 42.5 Å². The van der Waals surface area contributed by atoms with E-state index in [1.807, 2.05) is 30.3 Å². The maximum Gasteiger partial charge on any atom is 0.416 e. The molecule has 0 saturated heterocycles. The SMILES string of the molecule is O=C(O)c1ccc(CN2CC(c3ccc(Cl)cc3Cl)N=C2Cc2ccc(-c3cccc(C(F)(F)F)c3)cc2)cc1. The minimum absolute atomic E-state index is 0.214. The maximum absolute atomic E-state index is 13.2. The van der Waals surface area contributed by atoms with E-state index in [1.165, 1.54) is 6.07 Å². The van der Waals surface area contributed by atoms with E-state index in [0.717, 1.165) is 34.7 Å². The van der Waals surface area contributed by atoms with Gasteiger partial charge in [-0.25, -0.2) is 4.79 Å². The zero-order valence-corrected chi connectivity index (χ0v) is 22.5. The molecule has 0 aliphatic carbocycles. The van der Waals surface area contributed by atoms with Gasteiger partial charge in [0.15, 0.2) is 0 Å². The van der Waals surface area contributed by atoms with Gasteiger partial charge in [0.2, 0.25) is 0 Å². The van der Waals surface area contributed by atoms with Gasteiger partial charge in [0.05, 0.1) is 17.2 Å². The summed E-state index contributed by atoms with van der Waals surface area (Å²) < 4.78 is 39.5. The van der Waals surface area contributed by atoms with Crippen LogP contribution in [0.5, 0.6) is 0 Å². The molecule has 0 amide bonds. The molecule has 1 unspecified atom stereocenters. The number of hydrogen-bond acceptors (Lipinski definition) is 3. The number of aromatic carboxylic acids is 1. The molecular formula is C31H23Cl2F3N2O2. The molecule has 1 N–H and O–H groups in total. The molecule has 4 aromatic carbocycles. The Morgan fingerprint density at radius 3 is 2.25 bits per heavy atom. The highest BCUT2D eigenvalue weighted by Gasteiger charge is 2.31. The third-order valence-corrected chi connectivity index (χ3v) is 7.36. The summed E-state index contributed by atoms with van der Waals surface area (Å²) in [6, 6.07) is 24.5. The molecule has 9 heteroatoms. The van der Waals surface area contributed by atoms with Crippen molar-refractivity contribution < 1.29 is 23.1 Å². The smallest absolute Gasteiger partial charge is 0.416 e. The first-order valence-corrected chi connectivity index (χ1v) is 13.2. The molecule has 204 valence electrons. The first kappa shape index (κ1) is 27.7. The summed E-state index contributed by atoms with van der Waals surface area (Å²) in [6.45, 7) is 1.09. The number of carboxylic acid groups (broad SMARTS) is 1. The number of alkyl halides is 3. The summed E-state index contributed by atoms with van der Waals surface area (Å²) in [4.78, 5) is 18.4. The third-order valence-electron chi connectivity index (χ3n) is 6.80. The largest absolute Gasteiger partial charge is 0.478 e. The molecule has 4 nitrogen and oxygen atoms in total. The number of nitrogens with zero attached hydrogens (tertiary/aromatic N) is 2. The van der Waals surface area contributed by atoms with Gasteiger partial charge < -0.3 is 10.0 Å². The summed E-state index contributed by atoms with van der Waals surface area (Å²) in [5, 5.41) is 10.3. The molecule has 0 spiro atoms. The van der Waals surface area contributed by atoms with Crippen molar-refractivity contribution in [2.45, 2.75) is 25.2 Å². The second-order valence-electron chi connectivity index (χ2n) is 9.56. The summed E-state index contributed by atoms with van der Waals surface area (Å²) in [6.07, 6.45) is -3.91. The van der Waals surface area contributed by atoms with Gasteiger partial charge in [-0.2, -0.15) is 13.2 Å².